The third kappa shape index (κ3) is 3.10. The van der Waals surface area contributed by atoms with Gasteiger partial charge in [-0.1, -0.05) is 29.8 Å². The maximum Gasteiger partial charge on any atom is 0.253 e. The molecule has 1 amide bonds. The molecule has 2 aromatic carbocycles. The molecule has 134 valence electrons. The number of carbonyl (C=O) groups is 1. The van der Waals surface area contributed by atoms with Gasteiger partial charge in [0.25, 0.3) is 5.91 Å². The van der Waals surface area contributed by atoms with Crippen LogP contribution in [0.4, 0.5) is 0 Å². The first-order chi connectivity index (χ1) is 12.6. The predicted octanol–water partition coefficient (Wildman–Crippen LogP) is 4.22. The normalized spacial score (nSPS) is 13.5. The molecule has 4 rings (SSSR count). The largest absolute Gasteiger partial charge is 0.489 e. The lowest BCUT2D eigenvalue weighted by atomic mass is 10.1. The molecule has 1 aromatic heterocycles. The lowest BCUT2D eigenvalue weighted by molar-refractivity contribution is 0.0952. The number of aromatic nitrogens is 1. The summed E-state index contributed by atoms with van der Waals surface area (Å²) in [5, 5.41) is 4.38. The number of fused-ring (bicyclic) bond motifs is 2. The van der Waals surface area contributed by atoms with Gasteiger partial charge in [-0.2, -0.15) is 0 Å². The molecular formula is C20H19ClN2O3. The van der Waals surface area contributed by atoms with E-state index in [9.17, 15) is 4.79 Å². The van der Waals surface area contributed by atoms with Gasteiger partial charge in [0.05, 0.1) is 23.8 Å². The van der Waals surface area contributed by atoms with E-state index in [1.807, 2.05) is 37.3 Å². The number of hydrogen-bond acceptors (Lipinski definition) is 3. The Kier molecular flexibility index (Phi) is 4.47. The molecule has 3 aromatic rings. The summed E-state index contributed by atoms with van der Waals surface area (Å²) in [6.45, 7) is 3.43. The number of hydrogen-bond donors (Lipinski definition) is 2. The summed E-state index contributed by atoms with van der Waals surface area (Å²) in [5.74, 6) is 1.08. The van der Waals surface area contributed by atoms with E-state index in [0.29, 0.717) is 41.8 Å². The topological polar surface area (TPSA) is 63.4 Å². The van der Waals surface area contributed by atoms with Gasteiger partial charge in [0.2, 0.25) is 0 Å². The van der Waals surface area contributed by atoms with Crippen LogP contribution in [0.5, 0.6) is 11.5 Å². The van der Waals surface area contributed by atoms with Gasteiger partial charge in [-0.3, -0.25) is 4.79 Å². The fraction of sp³-hybridized carbons (Fsp3) is 0.250. The van der Waals surface area contributed by atoms with Crippen LogP contribution in [-0.4, -0.2) is 24.1 Å². The van der Waals surface area contributed by atoms with E-state index in [1.54, 1.807) is 6.07 Å². The van der Waals surface area contributed by atoms with E-state index < -0.39 is 0 Å². The van der Waals surface area contributed by atoms with E-state index in [2.05, 4.69) is 10.3 Å². The van der Waals surface area contributed by atoms with Crippen LogP contribution in [0.3, 0.4) is 0 Å². The van der Waals surface area contributed by atoms with Gasteiger partial charge in [0, 0.05) is 29.6 Å². The van der Waals surface area contributed by atoms with E-state index >= 15 is 0 Å². The number of H-pyrrole nitrogens is 1. The smallest absolute Gasteiger partial charge is 0.253 e. The van der Waals surface area contributed by atoms with Gasteiger partial charge in [0.1, 0.15) is 0 Å². The SMILES string of the molecule is Cc1[nH]c2ccccc2c1C(=O)NCc1cc(Cl)c2c(c1)OCCCO2. The van der Waals surface area contributed by atoms with Crippen molar-refractivity contribution in [2.45, 2.75) is 19.9 Å². The molecule has 0 saturated heterocycles. The van der Waals surface area contributed by atoms with E-state index in [1.165, 1.54) is 0 Å². The number of nitrogens with one attached hydrogen (secondary N) is 2. The predicted molar refractivity (Wildman–Crippen MR) is 101 cm³/mol. The highest BCUT2D eigenvalue weighted by molar-refractivity contribution is 6.32. The fourth-order valence-electron chi connectivity index (χ4n) is 3.23. The molecule has 1 aliphatic heterocycles. The first kappa shape index (κ1) is 16.8. The van der Waals surface area contributed by atoms with Crippen LogP contribution in [0.2, 0.25) is 5.02 Å². The van der Waals surface area contributed by atoms with Crippen molar-refractivity contribution in [2.24, 2.45) is 0 Å². The number of aromatic amines is 1. The second-order valence-corrected chi connectivity index (χ2v) is 6.72. The van der Waals surface area contributed by atoms with Crippen LogP contribution in [0.25, 0.3) is 10.9 Å². The van der Waals surface area contributed by atoms with Crippen LogP contribution >= 0.6 is 11.6 Å². The molecule has 5 nitrogen and oxygen atoms in total. The number of benzene rings is 2. The number of para-hydroxylation sites is 1. The molecule has 2 N–H and O–H groups in total. The third-order valence-corrected chi connectivity index (χ3v) is 4.72. The molecule has 0 unspecified atom stereocenters. The summed E-state index contributed by atoms with van der Waals surface area (Å²) in [6, 6.07) is 11.4. The Morgan fingerprint density at radius 2 is 2.04 bits per heavy atom. The second kappa shape index (κ2) is 6.92. The Bertz CT molecular complexity index is 981. The zero-order chi connectivity index (χ0) is 18.1. The van der Waals surface area contributed by atoms with Gasteiger partial charge < -0.3 is 19.8 Å². The van der Waals surface area contributed by atoms with Gasteiger partial charge in [0.15, 0.2) is 11.5 Å². The molecule has 0 aliphatic carbocycles. The number of halogens is 1. The summed E-state index contributed by atoms with van der Waals surface area (Å²) in [6.07, 6.45) is 0.816. The molecule has 6 heteroatoms. The van der Waals surface area contributed by atoms with E-state index in [4.69, 9.17) is 21.1 Å². The van der Waals surface area contributed by atoms with Crippen molar-refractivity contribution in [1.29, 1.82) is 0 Å². The molecule has 0 spiro atoms. The zero-order valence-corrected chi connectivity index (χ0v) is 15.2. The molecule has 1 aliphatic rings. The van der Waals surface area contributed by atoms with Crippen LogP contribution < -0.4 is 14.8 Å². The Morgan fingerprint density at radius 1 is 1.23 bits per heavy atom. The number of rotatable bonds is 3. The Morgan fingerprint density at radius 3 is 2.92 bits per heavy atom. The van der Waals surface area contributed by atoms with Crippen molar-refractivity contribution >= 4 is 28.4 Å². The van der Waals surface area contributed by atoms with Crippen LogP contribution in [0.1, 0.15) is 28.0 Å². The lowest BCUT2D eigenvalue weighted by Crippen LogP contribution is -2.23. The molecular weight excluding hydrogens is 352 g/mol. The third-order valence-electron chi connectivity index (χ3n) is 4.44. The van der Waals surface area contributed by atoms with Crippen LogP contribution in [0, 0.1) is 6.92 Å². The Labute approximate surface area is 156 Å². The molecule has 26 heavy (non-hydrogen) atoms. The fourth-order valence-corrected chi connectivity index (χ4v) is 3.51. The summed E-state index contributed by atoms with van der Waals surface area (Å²) < 4.78 is 11.3. The maximum absolute atomic E-state index is 12.7. The van der Waals surface area contributed by atoms with Crippen molar-refractivity contribution in [1.82, 2.24) is 10.3 Å². The van der Waals surface area contributed by atoms with Gasteiger partial charge in [-0.05, 0) is 30.7 Å². The summed E-state index contributed by atoms with van der Waals surface area (Å²) >= 11 is 6.32. The summed E-state index contributed by atoms with van der Waals surface area (Å²) in [7, 11) is 0. The zero-order valence-electron chi connectivity index (χ0n) is 14.4. The highest BCUT2D eigenvalue weighted by Gasteiger charge is 2.18. The number of aryl methyl sites for hydroxylation is 1. The minimum atomic E-state index is -0.122. The molecule has 0 bridgehead atoms. The number of ether oxygens (including phenoxy) is 2. The average molecular weight is 371 g/mol. The monoisotopic (exact) mass is 370 g/mol. The quantitative estimate of drug-likeness (QED) is 0.725. The van der Waals surface area contributed by atoms with Gasteiger partial charge >= 0.3 is 0 Å². The Balaban J connectivity index is 1.55. The van der Waals surface area contributed by atoms with Crippen molar-refractivity contribution < 1.29 is 14.3 Å². The first-order valence-electron chi connectivity index (χ1n) is 8.57. The second-order valence-electron chi connectivity index (χ2n) is 6.31. The van der Waals surface area contributed by atoms with Gasteiger partial charge in [-0.25, -0.2) is 0 Å². The number of carbonyl (C=O) groups excluding carboxylic acids is 1. The minimum absolute atomic E-state index is 0.122. The van der Waals surface area contributed by atoms with Crippen molar-refractivity contribution in [3.8, 4) is 11.5 Å². The molecule has 2 heterocycles. The highest BCUT2D eigenvalue weighted by atomic mass is 35.5. The number of amides is 1. The van der Waals surface area contributed by atoms with E-state index in [0.717, 1.165) is 28.6 Å². The summed E-state index contributed by atoms with van der Waals surface area (Å²) in [5.41, 5.74) is 3.33. The minimum Gasteiger partial charge on any atom is -0.489 e. The highest BCUT2D eigenvalue weighted by Crippen LogP contribution is 2.38. The van der Waals surface area contributed by atoms with Gasteiger partial charge in [-0.15, -0.1) is 0 Å². The molecule has 0 saturated carbocycles. The van der Waals surface area contributed by atoms with E-state index in [-0.39, 0.29) is 5.91 Å². The van der Waals surface area contributed by atoms with Crippen LogP contribution in [0.15, 0.2) is 36.4 Å². The standard InChI is InChI=1S/C20H19ClN2O3/c1-12-18(14-5-2-3-6-16(14)23-12)20(24)22-11-13-9-15(21)19-17(10-13)25-7-4-8-26-19/h2-3,5-6,9-10,23H,4,7-8,11H2,1H3,(H,22,24). The molecule has 0 radical (unpaired) electrons. The van der Waals surface area contributed by atoms with Crippen molar-refractivity contribution in [2.75, 3.05) is 13.2 Å². The lowest BCUT2D eigenvalue weighted by Gasteiger charge is -2.12. The van der Waals surface area contributed by atoms with Crippen molar-refractivity contribution in [3.05, 3.63) is 58.2 Å². The molecule has 0 fully saturated rings. The summed E-state index contributed by atoms with van der Waals surface area (Å²) in [4.78, 5) is 16.0. The van der Waals surface area contributed by atoms with Crippen molar-refractivity contribution in [3.63, 3.8) is 0 Å². The first-order valence-corrected chi connectivity index (χ1v) is 8.95. The molecule has 0 atom stereocenters. The maximum atomic E-state index is 12.7. The van der Waals surface area contributed by atoms with Crippen LogP contribution in [-0.2, 0) is 6.54 Å². The Hall–Kier alpha value is -2.66. The average Bonchev–Trinajstić information content (AvgIpc) is 2.79.